The van der Waals surface area contributed by atoms with Crippen LogP contribution in [0, 0.1) is 0 Å². The van der Waals surface area contributed by atoms with Crippen molar-refractivity contribution in [3.8, 4) is 11.5 Å². The standard InChI is InChI=1S/C36H54N2O2.Co/c1-33(2,3)25-17-23(31(39)27(19-25)35(7,8)9)21-37-29-15-13-14-16-30(29)38-22-24-18-26(34(4,5)6)20-28(32(24)40)36(10,11)12;/h17-22,29-30,39-40H,13-16H2,1-12H3;/q;+2/p-2. The van der Waals surface area contributed by atoms with Crippen LogP contribution in [0.15, 0.2) is 34.3 Å². The molecule has 0 heterocycles. The minimum atomic E-state index is -0.248. The van der Waals surface area contributed by atoms with E-state index in [4.69, 9.17) is 9.98 Å². The van der Waals surface area contributed by atoms with Crippen molar-refractivity contribution in [2.24, 2.45) is 9.98 Å². The molecule has 0 saturated heterocycles. The second kappa shape index (κ2) is 12.6. The van der Waals surface area contributed by atoms with Crippen LogP contribution in [-0.2, 0) is 38.4 Å². The molecule has 1 radical (unpaired) electrons. The molecule has 1 fully saturated rings. The average molecular weight is 604 g/mol. The Bertz CT molecular complexity index is 1170. The maximum Gasteiger partial charge on any atom is 2.00 e. The summed E-state index contributed by atoms with van der Waals surface area (Å²) in [6, 6.07) is 8.15. The third-order valence-corrected chi connectivity index (χ3v) is 8.09. The zero-order valence-electron chi connectivity index (χ0n) is 27.5. The molecule has 4 nitrogen and oxygen atoms in total. The van der Waals surface area contributed by atoms with Crippen LogP contribution in [0.2, 0.25) is 0 Å². The van der Waals surface area contributed by atoms with Crippen molar-refractivity contribution in [1.29, 1.82) is 0 Å². The van der Waals surface area contributed by atoms with Gasteiger partial charge in [0, 0.05) is 12.4 Å². The molecule has 0 spiro atoms. The van der Waals surface area contributed by atoms with Crippen molar-refractivity contribution < 1.29 is 27.0 Å². The fourth-order valence-electron chi connectivity index (χ4n) is 5.27. The molecule has 1 aliphatic rings. The Morgan fingerprint density at radius 2 is 0.878 bits per heavy atom. The van der Waals surface area contributed by atoms with Crippen LogP contribution >= 0.6 is 0 Å². The van der Waals surface area contributed by atoms with E-state index in [1.54, 1.807) is 12.4 Å². The molecule has 0 bridgehead atoms. The molecule has 0 aliphatic heterocycles. The third kappa shape index (κ3) is 8.70. The van der Waals surface area contributed by atoms with E-state index >= 15 is 0 Å². The van der Waals surface area contributed by atoms with Gasteiger partial charge < -0.3 is 10.2 Å². The minimum Gasteiger partial charge on any atom is -0.872 e. The fourth-order valence-corrected chi connectivity index (χ4v) is 5.27. The molecule has 2 aromatic rings. The summed E-state index contributed by atoms with van der Waals surface area (Å²) in [4.78, 5) is 9.95. The Labute approximate surface area is 260 Å². The second-order valence-corrected chi connectivity index (χ2v) is 15.9. The molecule has 5 heteroatoms. The summed E-state index contributed by atoms with van der Waals surface area (Å²) < 4.78 is 0. The van der Waals surface area contributed by atoms with E-state index < -0.39 is 0 Å². The molecule has 3 rings (SSSR count). The van der Waals surface area contributed by atoms with E-state index in [9.17, 15) is 10.2 Å². The van der Waals surface area contributed by atoms with E-state index in [2.05, 4.69) is 95.2 Å². The molecule has 227 valence electrons. The summed E-state index contributed by atoms with van der Waals surface area (Å²) in [5.74, 6) is 0.120. The molecule has 2 aromatic carbocycles. The average Bonchev–Trinajstić information content (AvgIpc) is 2.80. The Morgan fingerprint density at radius 3 is 1.15 bits per heavy atom. The van der Waals surface area contributed by atoms with Gasteiger partial charge in [-0.3, -0.25) is 9.98 Å². The van der Waals surface area contributed by atoms with Crippen LogP contribution in [0.4, 0.5) is 0 Å². The molecule has 0 aromatic heterocycles. The van der Waals surface area contributed by atoms with Crippen LogP contribution in [0.1, 0.15) is 142 Å². The summed E-state index contributed by atoms with van der Waals surface area (Å²) in [5.41, 5.74) is 4.62. The smallest absolute Gasteiger partial charge is 0.872 e. The summed E-state index contributed by atoms with van der Waals surface area (Å²) in [7, 11) is 0. The van der Waals surface area contributed by atoms with E-state index in [0.717, 1.165) is 47.9 Å². The van der Waals surface area contributed by atoms with Gasteiger partial charge in [-0.2, -0.15) is 0 Å². The zero-order chi connectivity index (χ0) is 30.3. The monoisotopic (exact) mass is 603 g/mol. The van der Waals surface area contributed by atoms with E-state index in [-0.39, 0.29) is 62.0 Å². The Hall–Kier alpha value is -2.11. The molecule has 1 aliphatic carbocycles. The van der Waals surface area contributed by atoms with E-state index in [1.807, 2.05) is 12.1 Å². The Morgan fingerprint density at radius 1 is 0.561 bits per heavy atom. The second-order valence-electron chi connectivity index (χ2n) is 15.9. The van der Waals surface area contributed by atoms with Crippen molar-refractivity contribution in [3.05, 3.63) is 57.6 Å². The molecule has 0 amide bonds. The van der Waals surface area contributed by atoms with Crippen LogP contribution in [0.3, 0.4) is 0 Å². The van der Waals surface area contributed by atoms with Crippen LogP contribution in [-0.4, -0.2) is 24.5 Å². The normalized spacial score (nSPS) is 19.1. The first-order valence-electron chi connectivity index (χ1n) is 15.0. The van der Waals surface area contributed by atoms with Gasteiger partial charge in [-0.1, -0.05) is 132 Å². The van der Waals surface area contributed by atoms with Crippen molar-refractivity contribution in [2.45, 2.75) is 143 Å². The number of rotatable bonds is 4. The minimum absolute atomic E-state index is 0. The summed E-state index contributed by atoms with van der Waals surface area (Å²) in [6.45, 7) is 25.6. The summed E-state index contributed by atoms with van der Waals surface area (Å²) in [5, 5.41) is 26.9. The number of aliphatic imine (C=N–C) groups is 2. The molecule has 41 heavy (non-hydrogen) atoms. The molecular formula is C36H52CoN2O2. The molecule has 2 unspecified atom stereocenters. The fraction of sp³-hybridized carbons (Fsp3) is 0.611. The van der Waals surface area contributed by atoms with E-state index in [0.29, 0.717) is 11.1 Å². The van der Waals surface area contributed by atoms with Gasteiger partial charge in [-0.15, -0.1) is 0 Å². The maximum atomic E-state index is 13.5. The Kier molecular flexibility index (Phi) is 10.8. The largest absolute Gasteiger partial charge is 2.00 e. The van der Waals surface area contributed by atoms with E-state index in [1.165, 1.54) is 0 Å². The number of hydrogen-bond acceptors (Lipinski definition) is 4. The number of hydrogen-bond donors (Lipinski definition) is 0. The predicted molar refractivity (Wildman–Crippen MR) is 168 cm³/mol. The number of benzene rings is 2. The van der Waals surface area contributed by atoms with Gasteiger partial charge in [-0.05, 0) is 67.9 Å². The SMILES string of the molecule is CC(C)(C)c1cc(C=NC2CCCCC2N=Cc2cc(C(C)(C)C)cc(C(C)(C)C)c2[O-])c([O-])c(C(C)(C)C)c1.[Co+2]. The van der Waals surface area contributed by atoms with Crippen LogP contribution in [0.25, 0.3) is 0 Å². The summed E-state index contributed by atoms with van der Waals surface area (Å²) in [6.07, 6.45) is 7.63. The van der Waals surface area contributed by atoms with Crippen molar-refractivity contribution in [3.63, 3.8) is 0 Å². The van der Waals surface area contributed by atoms with Crippen LogP contribution < -0.4 is 10.2 Å². The van der Waals surface area contributed by atoms with Crippen molar-refractivity contribution in [2.75, 3.05) is 0 Å². The van der Waals surface area contributed by atoms with Crippen molar-refractivity contribution >= 4 is 12.4 Å². The Balaban J connectivity index is 0.00000588. The van der Waals surface area contributed by atoms with Gasteiger partial charge in [0.2, 0.25) is 0 Å². The number of nitrogens with zero attached hydrogens (tertiary/aromatic N) is 2. The zero-order valence-corrected chi connectivity index (χ0v) is 28.5. The third-order valence-electron chi connectivity index (χ3n) is 8.09. The van der Waals surface area contributed by atoms with Crippen molar-refractivity contribution in [1.82, 2.24) is 0 Å². The first-order chi connectivity index (χ1) is 18.2. The topological polar surface area (TPSA) is 70.8 Å². The van der Waals surface area contributed by atoms with Gasteiger partial charge >= 0.3 is 16.8 Å². The van der Waals surface area contributed by atoms with Gasteiger partial charge in [-0.25, -0.2) is 0 Å². The molecule has 1 saturated carbocycles. The van der Waals surface area contributed by atoms with Gasteiger partial charge in [0.15, 0.2) is 0 Å². The van der Waals surface area contributed by atoms with Gasteiger partial charge in [0.05, 0.1) is 12.1 Å². The maximum absolute atomic E-state index is 13.5. The molecular weight excluding hydrogens is 551 g/mol. The molecule has 2 atom stereocenters. The van der Waals surface area contributed by atoms with Crippen LogP contribution in [0.5, 0.6) is 11.5 Å². The van der Waals surface area contributed by atoms with Gasteiger partial charge in [0.1, 0.15) is 0 Å². The predicted octanol–water partition coefficient (Wildman–Crippen LogP) is 7.87. The molecule has 0 N–H and O–H groups in total. The quantitative estimate of drug-likeness (QED) is 0.334. The summed E-state index contributed by atoms with van der Waals surface area (Å²) >= 11 is 0. The first kappa shape index (κ1) is 35.1. The first-order valence-corrected chi connectivity index (χ1v) is 15.0. The van der Waals surface area contributed by atoms with Gasteiger partial charge in [0.25, 0.3) is 0 Å².